The third-order valence-corrected chi connectivity index (χ3v) is 4.58. The summed E-state index contributed by atoms with van der Waals surface area (Å²) in [6.07, 6.45) is 9.02. The highest BCUT2D eigenvalue weighted by molar-refractivity contribution is 5.79. The van der Waals surface area contributed by atoms with Gasteiger partial charge in [0.1, 0.15) is 6.33 Å². The number of aryl methyl sites for hydroxylation is 1. The fraction of sp³-hybridized carbons (Fsp3) is 0.667. The predicted octanol–water partition coefficient (Wildman–Crippen LogP) is 2.29. The fourth-order valence-electron chi connectivity index (χ4n) is 3.12. The maximum atomic E-state index is 12.2. The number of nitrogens with zero attached hydrogens (tertiary/aromatic N) is 3. The molecule has 1 saturated carbocycles. The fourth-order valence-corrected chi connectivity index (χ4v) is 3.12. The Balaban J connectivity index is 1.60. The van der Waals surface area contributed by atoms with E-state index >= 15 is 0 Å². The Bertz CT molecular complexity index is 462. The smallest absolute Gasteiger partial charge is 0.225 e. The molecular formula is C15H21N3O. The lowest BCUT2D eigenvalue weighted by molar-refractivity contribution is -0.139. The standard InChI is InChI=1S/C15H21N3O/c1-11-9-16-10-17-14(11)12-5-7-18(8-6-12)15(19)13-3-2-4-13/h9-10,12-13H,2-8H2,1H3. The minimum Gasteiger partial charge on any atom is -0.342 e. The van der Waals surface area contributed by atoms with E-state index in [1.54, 1.807) is 6.33 Å². The molecule has 0 spiro atoms. The second-order valence-electron chi connectivity index (χ2n) is 5.82. The van der Waals surface area contributed by atoms with Gasteiger partial charge in [-0.25, -0.2) is 9.97 Å². The van der Waals surface area contributed by atoms with Crippen molar-refractivity contribution in [3.63, 3.8) is 0 Å². The number of hydrogen-bond donors (Lipinski definition) is 0. The number of likely N-dealkylation sites (tertiary alicyclic amines) is 1. The molecule has 2 heterocycles. The monoisotopic (exact) mass is 259 g/mol. The molecule has 19 heavy (non-hydrogen) atoms. The molecule has 0 N–H and O–H groups in total. The average Bonchev–Trinajstić information content (AvgIpc) is 2.37. The molecule has 102 valence electrons. The van der Waals surface area contributed by atoms with Crippen molar-refractivity contribution < 1.29 is 4.79 Å². The van der Waals surface area contributed by atoms with Gasteiger partial charge in [0.25, 0.3) is 0 Å². The summed E-state index contributed by atoms with van der Waals surface area (Å²) in [4.78, 5) is 22.7. The first-order valence-corrected chi connectivity index (χ1v) is 7.31. The number of aromatic nitrogens is 2. The van der Waals surface area contributed by atoms with Gasteiger partial charge in [0.2, 0.25) is 5.91 Å². The highest BCUT2D eigenvalue weighted by Gasteiger charge is 2.32. The maximum absolute atomic E-state index is 12.2. The zero-order valence-electron chi connectivity index (χ0n) is 11.5. The van der Waals surface area contributed by atoms with Gasteiger partial charge < -0.3 is 4.90 Å². The Hall–Kier alpha value is -1.45. The first kappa shape index (κ1) is 12.6. The van der Waals surface area contributed by atoms with Crippen LogP contribution >= 0.6 is 0 Å². The number of piperidine rings is 1. The van der Waals surface area contributed by atoms with Crippen molar-refractivity contribution in [2.45, 2.75) is 44.9 Å². The summed E-state index contributed by atoms with van der Waals surface area (Å²) < 4.78 is 0. The molecule has 4 nitrogen and oxygen atoms in total. The van der Waals surface area contributed by atoms with Crippen molar-refractivity contribution >= 4 is 5.91 Å². The van der Waals surface area contributed by atoms with Gasteiger partial charge in [-0.05, 0) is 38.2 Å². The number of amides is 1. The summed E-state index contributed by atoms with van der Waals surface area (Å²) in [7, 11) is 0. The van der Waals surface area contributed by atoms with Crippen molar-refractivity contribution in [1.82, 2.24) is 14.9 Å². The van der Waals surface area contributed by atoms with Crippen LogP contribution in [0.5, 0.6) is 0 Å². The van der Waals surface area contributed by atoms with Crippen molar-refractivity contribution in [2.24, 2.45) is 5.92 Å². The van der Waals surface area contributed by atoms with Gasteiger partial charge in [0.05, 0.1) is 0 Å². The van der Waals surface area contributed by atoms with E-state index in [0.29, 0.717) is 17.7 Å². The number of hydrogen-bond acceptors (Lipinski definition) is 3. The van der Waals surface area contributed by atoms with Crippen LogP contribution in [0.1, 0.15) is 49.3 Å². The van der Waals surface area contributed by atoms with Crippen molar-refractivity contribution in [3.8, 4) is 0 Å². The molecule has 2 fully saturated rings. The minimum absolute atomic E-state index is 0.331. The lowest BCUT2D eigenvalue weighted by Crippen LogP contribution is -2.43. The van der Waals surface area contributed by atoms with Gasteiger partial charge in [0, 0.05) is 36.8 Å². The molecule has 0 aromatic carbocycles. The summed E-state index contributed by atoms with van der Waals surface area (Å²) in [6.45, 7) is 3.86. The van der Waals surface area contributed by atoms with E-state index in [2.05, 4.69) is 21.8 Å². The molecule has 4 heteroatoms. The van der Waals surface area contributed by atoms with E-state index < -0.39 is 0 Å². The lowest BCUT2D eigenvalue weighted by atomic mass is 9.83. The summed E-state index contributed by atoms with van der Waals surface area (Å²) in [5.41, 5.74) is 2.34. The van der Waals surface area contributed by atoms with E-state index in [9.17, 15) is 4.79 Å². The highest BCUT2D eigenvalue weighted by Crippen LogP contribution is 2.32. The Morgan fingerprint density at radius 1 is 1.26 bits per heavy atom. The number of carbonyl (C=O) groups is 1. The topological polar surface area (TPSA) is 46.1 Å². The van der Waals surface area contributed by atoms with Gasteiger partial charge in [0.15, 0.2) is 0 Å². The molecule has 0 unspecified atom stereocenters. The lowest BCUT2D eigenvalue weighted by Gasteiger charge is -2.36. The third kappa shape index (κ3) is 2.48. The van der Waals surface area contributed by atoms with Gasteiger partial charge in [-0.15, -0.1) is 0 Å². The predicted molar refractivity (Wildman–Crippen MR) is 72.7 cm³/mol. The molecule has 1 aromatic rings. The van der Waals surface area contributed by atoms with Crippen molar-refractivity contribution in [1.29, 1.82) is 0 Å². The van der Waals surface area contributed by atoms with Crippen LogP contribution in [0.15, 0.2) is 12.5 Å². The number of carbonyl (C=O) groups excluding carboxylic acids is 1. The molecule has 0 radical (unpaired) electrons. The van der Waals surface area contributed by atoms with Crippen molar-refractivity contribution in [2.75, 3.05) is 13.1 Å². The Kier molecular flexibility index (Phi) is 3.49. The quantitative estimate of drug-likeness (QED) is 0.818. The zero-order valence-corrected chi connectivity index (χ0v) is 11.5. The maximum Gasteiger partial charge on any atom is 0.225 e. The SMILES string of the molecule is Cc1cncnc1C1CCN(C(=O)C2CCC2)CC1. The van der Waals surface area contributed by atoms with Crippen LogP contribution in [-0.2, 0) is 4.79 Å². The highest BCUT2D eigenvalue weighted by atomic mass is 16.2. The van der Waals surface area contributed by atoms with Gasteiger partial charge >= 0.3 is 0 Å². The third-order valence-electron chi connectivity index (χ3n) is 4.58. The molecule has 2 aliphatic rings. The van der Waals surface area contributed by atoms with Crippen molar-refractivity contribution in [3.05, 3.63) is 23.8 Å². The van der Waals surface area contributed by atoms with E-state index in [1.165, 1.54) is 17.7 Å². The van der Waals surface area contributed by atoms with Crippen LogP contribution in [0.2, 0.25) is 0 Å². The molecular weight excluding hydrogens is 238 g/mol. The Labute approximate surface area is 114 Å². The Morgan fingerprint density at radius 3 is 2.58 bits per heavy atom. The Morgan fingerprint density at radius 2 is 2.00 bits per heavy atom. The molecule has 0 bridgehead atoms. The normalized spacial score (nSPS) is 21.2. The van der Waals surface area contributed by atoms with Crippen LogP contribution in [-0.4, -0.2) is 33.9 Å². The number of rotatable bonds is 2. The van der Waals surface area contributed by atoms with E-state index in [-0.39, 0.29) is 0 Å². The summed E-state index contributed by atoms with van der Waals surface area (Å²) in [6, 6.07) is 0. The van der Waals surface area contributed by atoms with E-state index in [1.807, 2.05) is 6.20 Å². The van der Waals surface area contributed by atoms with Crippen LogP contribution in [0.25, 0.3) is 0 Å². The molecule has 0 atom stereocenters. The first-order valence-electron chi connectivity index (χ1n) is 7.31. The average molecular weight is 259 g/mol. The zero-order chi connectivity index (χ0) is 13.2. The van der Waals surface area contributed by atoms with Crippen LogP contribution < -0.4 is 0 Å². The second kappa shape index (κ2) is 5.27. The first-order chi connectivity index (χ1) is 9.25. The van der Waals surface area contributed by atoms with Crippen LogP contribution in [0.4, 0.5) is 0 Å². The van der Waals surface area contributed by atoms with Crippen LogP contribution in [0, 0.1) is 12.8 Å². The molecule has 1 aliphatic carbocycles. The molecule has 1 saturated heterocycles. The van der Waals surface area contributed by atoms with Gasteiger partial charge in [-0.3, -0.25) is 4.79 Å². The molecule has 3 rings (SSSR count). The summed E-state index contributed by atoms with van der Waals surface area (Å²) in [5, 5.41) is 0. The molecule has 1 aliphatic heterocycles. The summed E-state index contributed by atoms with van der Waals surface area (Å²) in [5.74, 6) is 1.22. The second-order valence-corrected chi connectivity index (χ2v) is 5.82. The van der Waals surface area contributed by atoms with E-state index in [4.69, 9.17) is 0 Å². The van der Waals surface area contributed by atoms with E-state index in [0.717, 1.165) is 38.8 Å². The van der Waals surface area contributed by atoms with Crippen LogP contribution in [0.3, 0.4) is 0 Å². The van der Waals surface area contributed by atoms with Gasteiger partial charge in [-0.2, -0.15) is 0 Å². The van der Waals surface area contributed by atoms with Gasteiger partial charge in [-0.1, -0.05) is 6.42 Å². The molecule has 1 aromatic heterocycles. The summed E-state index contributed by atoms with van der Waals surface area (Å²) >= 11 is 0. The largest absolute Gasteiger partial charge is 0.342 e. The minimum atomic E-state index is 0.331. The molecule has 1 amide bonds.